The van der Waals surface area contributed by atoms with Crippen LogP contribution in [0.2, 0.25) is 5.02 Å². The predicted molar refractivity (Wildman–Crippen MR) is 104 cm³/mol. The van der Waals surface area contributed by atoms with Crippen molar-refractivity contribution in [3.8, 4) is 23.0 Å². The quantitative estimate of drug-likeness (QED) is 0.591. The van der Waals surface area contributed by atoms with Crippen molar-refractivity contribution in [3.63, 3.8) is 0 Å². The van der Waals surface area contributed by atoms with Gasteiger partial charge in [-0.15, -0.1) is 10.2 Å². The summed E-state index contributed by atoms with van der Waals surface area (Å²) >= 11 is 7.01. The largest absolute Gasteiger partial charge is 0.497 e. The topological polar surface area (TPSA) is 86.5 Å². The van der Waals surface area contributed by atoms with Crippen molar-refractivity contribution in [2.75, 3.05) is 25.3 Å². The molecule has 0 atom stereocenters. The molecule has 0 bridgehead atoms. The summed E-state index contributed by atoms with van der Waals surface area (Å²) in [5, 5.41) is 11.6. The summed E-state index contributed by atoms with van der Waals surface area (Å²) in [5.41, 5.74) is 1.33. The minimum atomic E-state index is -0.221. The average Bonchev–Trinajstić information content (AvgIpc) is 3.15. The number of aromatic nitrogens is 2. The molecule has 1 N–H and O–H groups in total. The highest BCUT2D eigenvalue weighted by atomic mass is 35.5. The molecule has 27 heavy (non-hydrogen) atoms. The zero-order valence-corrected chi connectivity index (χ0v) is 16.1. The van der Waals surface area contributed by atoms with Crippen LogP contribution in [0, 0.1) is 0 Å². The van der Waals surface area contributed by atoms with E-state index in [9.17, 15) is 4.79 Å². The number of thioether (sulfide) groups is 1. The molecule has 2 aromatic carbocycles. The fourth-order valence-electron chi connectivity index (χ4n) is 2.18. The van der Waals surface area contributed by atoms with E-state index in [4.69, 9.17) is 25.5 Å². The Morgan fingerprint density at radius 3 is 2.41 bits per heavy atom. The third-order valence-electron chi connectivity index (χ3n) is 3.46. The lowest BCUT2D eigenvalue weighted by Crippen LogP contribution is -2.14. The molecular weight excluding hydrogens is 390 g/mol. The average molecular weight is 406 g/mol. The van der Waals surface area contributed by atoms with Crippen LogP contribution in [-0.4, -0.2) is 36.1 Å². The molecule has 7 nitrogen and oxygen atoms in total. The van der Waals surface area contributed by atoms with Gasteiger partial charge in [0.1, 0.15) is 11.5 Å². The van der Waals surface area contributed by atoms with Crippen LogP contribution in [0.3, 0.4) is 0 Å². The van der Waals surface area contributed by atoms with E-state index < -0.39 is 0 Å². The smallest absolute Gasteiger partial charge is 0.277 e. The molecule has 0 radical (unpaired) electrons. The maximum atomic E-state index is 12.2. The van der Waals surface area contributed by atoms with Gasteiger partial charge in [0.15, 0.2) is 0 Å². The van der Waals surface area contributed by atoms with E-state index in [2.05, 4.69) is 15.5 Å². The van der Waals surface area contributed by atoms with Crippen LogP contribution >= 0.6 is 23.4 Å². The zero-order valence-electron chi connectivity index (χ0n) is 14.6. The number of methoxy groups -OCH3 is 2. The second-order valence-electron chi connectivity index (χ2n) is 5.32. The Hall–Kier alpha value is -2.71. The number of anilines is 1. The molecule has 0 saturated carbocycles. The van der Waals surface area contributed by atoms with E-state index in [1.807, 2.05) is 0 Å². The second-order valence-corrected chi connectivity index (χ2v) is 6.68. The number of carbonyl (C=O) groups excluding carboxylic acids is 1. The molecule has 1 amide bonds. The number of halogens is 1. The van der Waals surface area contributed by atoms with E-state index in [0.717, 1.165) is 17.3 Å². The van der Waals surface area contributed by atoms with E-state index >= 15 is 0 Å². The van der Waals surface area contributed by atoms with Crippen molar-refractivity contribution in [1.82, 2.24) is 10.2 Å². The summed E-state index contributed by atoms with van der Waals surface area (Å²) in [5.74, 6) is 1.43. The third kappa shape index (κ3) is 5.15. The zero-order chi connectivity index (χ0) is 19.2. The van der Waals surface area contributed by atoms with Gasteiger partial charge in [0, 0.05) is 34.5 Å². The number of carbonyl (C=O) groups is 1. The fourth-order valence-corrected chi connectivity index (χ4v) is 2.87. The molecule has 0 aliphatic carbocycles. The first-order chi connectivity index (χ1) is 13.1. The number of nitrogens with one attached hydrogen (secondary N) is 1. The molecule has 3 rings (SSSR count). The van der Waals surface area contributed by atoms with Crippen LogP contribution in [0.15, 0.2) is 52.1 Å². The van der Waals surface area contributed by atoms with Crippen molar-refractivity contribution in [2.45, 2.75) is 5.22 Å². The number of amides is 1. The highest BCUT2D eigenvalue weighted by Gasteiger charge is 2.12. The number of hydrogen-bond donors (Lipinski definition) is 1. The number of ether oxygens (including phenoxy) is 2. The molecule has 140 valence electrons. The number of rotatable bonds is 7. The van der Waals surface area contributed by atoms with Crippen LogP contribution in [0.4, 0.5) is 5.69 Å². The van der Waals surface area contributed by atoms with Gasteiger partial charge in [-0.3, -0.25) is 4.79 Å². The molecule has 9 heteroatoms. The number of benzene rings is 2. The molecule has 0 aliphatic heterocycles. The normalized spacial score (nSPS) is 10.5. The Morgan fingerprint density at radius 1 is 1.11 bits per heavy atom. The molecule has 3 aromatic rings. The SMILES string of the molecule is COc1cc(NC(=O)CSc2nnc(-c3ccc(Cl)cc3)o2)cc(OC)c1. The van der Waals surface area contributed by atoms with Gasteiger partial charge in [-0.1, -0.05) is 23.4 Å². The minimum absolute atomic E-state index is 0.113. The van der Waals surface area contributed by atoms with Crippen LogP contribution in [-0.2, 0) is 4.79 Å². The minimum Gasteiger partial charge on any atom is -0.497 e. The molecule has 0 saturated heterocycles. The van der Waals surface area contributed by atoms with Gasteiger partial charge in [0.05, 0.1) is 20.0 Å². The highest BCUT2D eigenvalue weighted by Crippen LogP contribution is 2.27. The number of nitrogens with zero attached hydrogens (tertiary/aromatic N) is 2. The van der Waals surface area contributed by atoms with Crippen LogP contribution in [0.25, 0.3) is 11.5 Å². The monoisotopic (exact) mass is 405 g/mol. The first-order valence-electron chi connectivity index (χ1n) is 7.82. The molecule has 0 unspecified atom stereocenters. The molecule has 1 aromatic heterocycles. The van der Waals surface area contributed by atoms with Gasteiger partial charge >= 0.3 is 0 Å². The van der Waals surface area contributed by atoms with Gasteiger partial charge in [-0.25, -0.2) is 0 Å². The summed E-state index contributed by atoms with van der Waals surface area (Å²) in [6, 6.07) is 12.2. The maximum Gasteiger partial charge on any atom is 0.277 e. The van der Waals surface area contributed by atoms with Crippen molar-refractivity contribution in [2.24, 2.45) is 0 Å². The van der Waals surface area contributed by atoms with E-state index in [1.54, 1.807) is 56.7 Å². The maximum absolute atomic E-state index is 12.2. The molecular formula is C18H16ClN3O4S. The summed E-state index contributed by atoms with van der Waals surface area (Å²) in [6.07, 6.45) is 0. The summed E-state index contributed by atoms with van der Waals surface area (Å²) < 4.78 is 15.9. The summed E-state index contributed by atoms with van der Waals surface area (Å²) in [6.45, 7) is 0. The lowest BCUT2D eigenvalue weighted by molar-refractivity contribution is -0.113. The fraction of sp³-hybridized carbons (Fsp3) is 0.167. The van der Waals surface area contributed by atoms with Crippen LogP contribution in [0.1, 0.15) is 0 Å². The van der Waals surface area contributed by atoms with Crippen molar-refractivity contribution < 1.29 is 18.7 Å². The van der Waals surface area contributed by atoms with Gasteiger partial charge in [-0.05, 0) is 24.3 Å². The van der Waals surface area contributed by atoms with Gasteiger partial charge in [0.25, 0.3) is 5.22 Å². The predicted octanol–water partition coefficient (Wildman–Crippen LogP) is 4.14. The lowest BCUT2D eigenvalue weighted by atomic mass is 10.2. The lowest BCUT2D eigenvalue weighted by Gasteiger charge is -2.09. The Kier molecular flexibility index (Phi) is 6.20. The third-order valence-corrected chi connectivity index (χ3v) is 4.53. The van der Waals surface area contributed by atoms with Gasteiger partial charge in [-0.2, -0.15) is 0 Å². The standard InChI is InChI=1S/C18H16ClN3O4S/c1-24-14-7-13(8-15(9-14)25-2)20-16(23)10-27-18-22-21-17(26-18)11-3-5-12(19)6-4-11/h3-9H,10H2,1-2H3,(H,20,23). The van der Waals surface area contributed by atoms with Crippen molar-refractivity contribution in [3.05, 3.63) is 47.5 Å². The van der Waals surface area contributed by atoms with E-state index in [1.165, 1.54) is 0 Å². The second kappa shape index (κ2) is 8.79. The van der Waals surface area contributed by atoms with Crippen LogP contribution in [0.5, 0.6) is 11.5 Å². The Balaban J connectivity index is 1.59. The van der Waals surface area contributed by atoms with Gasteiger partial charge < -0.3 is 19.2 Å². The Labute approximate surface area is 165 Å². The van der Waals surface area contributed by atoms with Gasteiger partial charge in [0.2, 0.25) is 11.8 Å². The van der Waals surface area contributed by atoms with Crippen molar-refractivity contribution >= 4 is 35.0 Å². The number of hydrogen-bond acceptors (Lipinski definition) is 7. The summed E-state index contributed by atoms with van der Waals surface area (Å²) in [7, 11) is 3.09. The Morgan fingerprint density at radius 2 is 1.78 bits per heavy atom. The first-order valence-corrected chi connectivity index (χ1v) is 9.19. The van der Waals surface area contributed by atoms with Crippen molar-refractivity contribution in [1.29, 1.82) is 0 Å². The molecule has 0 spiro atoms. The molecule has 0 aliphatic rings. The summed E-state index contributed by atoms with van der Waals surface area (Å²) in [4.78, 5) is 12.2. The van der Waals surface area contributed by atoms with E-state index in [0.29, 0.717) is 33.3 Å². The first kappa shape index (κ1) is 19.1. The highest BCUT2D eigenvalue weighted by molar-refractivity contribution is 7.99. The Bertz CT molecular complexity index is 908. The molecule has 1 heterocycles. The molecule has 0 fully saturated rings. The van der Waals surface area contributed by atoms with E-state index in [-0.39, 0.29) is 11.7 Å². The van der Waals surface area contributed by atoms with Crippen LogP contribution < -0.4 is 14.8 Å².